The highest BCUT2D eigenvalue weighted by Gasteiger charge is 2.09. The third-order valence-electron chi connectivity index (χ3n) is 2.81. The van der Waals surface area contributed by atoms with Gasteiger partial charge in [0.25, 0.3) is 0 Å². The first-order chi connectivity index (χ1) is 9.13. The Labute approximate surface area is 113 Å². The van der Waals surface area contributed by atoms with Gasteiger partial charge >= 0.3 is 5.97 Å². The van der Waals surface area contributed by atoms with Crippen molar-refractivity contribution in [2.24, 2.45) is 0 Å². The van der Waals surface area contributed by atoms with E-state index in [0.717, 1.165) is 16.7 Å². The molecule has 1 rings (SSSR count). The quantitative estimate of drug-likeness (QED) is 0.738. The number of aliphatic carboxylic acids is 1. The Balaban J connectivity index is 3.23. The lowest BCUT2D eigenvalue weighted by Crippen LogP contribution is -2.02. The second-order valence-corrected chi connectivity index (χ2v) is 4.06. The molecule has 3 nitrogen and oxygen atoms in total. The number of benzene rings is 1. The Hall–Kier alpha value is -2.13. The molecule has 0 saturated carbocycles. The van der Waals surface area contributed by atoms with Crippen molar-refractivity contribution in [1.29, 1.82) is 0 Å². The maximum atomic E-state index is 11.2. The fourth-order valence-electron chi connectivity index (χ4n) is 1.84. The fourth-order valence-corrected chi connectivity index (χ4v) is 1.84. The van der Waals surface area contributed by atoms with Crippen LogP contribution in [0.2, 0.25) is 0 Å². The Morgan fingerprint density at radius 3 is 2.42 bits per heavy atom. The van der Waals surface area contributed by atoms with Gasteiger partial charge in [0.15, 0.2) is 0 Å². The first-order valence-corrected chi connectivity index (χ1v) is 6.06. The van der Waals surface area contributed by atoms with Gasteiger partial charge in [0, 0.05) is 12.2 Å². The zero-order valence-electron chi connectivity index (χ0n) is 10.8. The molecule has 0 aliphatic rings. The van der Waals surface area contributed by atoms with Crippen molar-refractivity contribution in [3.8, 4) is 0 Å². The van der Waals surface area contributed by atoms with E-state index < -0.39 is 5.97 Å². The van der Waals surface area contributed by atoms with Crippen LogP contribution in [0.3, 0.4) is 0 Å². The lowest BCUT2D eigenvalue weighted by molar-refractivity contribution is -0.132. The molecule has 0 radical (unpaired) electrons. The van der Waals surface area contributed by atoms with Crippen LogP contribution in [-0.4, -0.2) is 22.8 Å². The molecule has 0 spiro atoms. The average molecular weight is 258 g/mol. The molecule has 0 fully saturated rings. The minimum absolute atomic E-state index is 0.0222. The number of hydrogen-bond donors (Lipinski definition) is 2. The summed E-state index contributed by atoms with van der Waals surface area (Å²) in [6, 6.07) is 5.59. The standard InChI is InChI=1S/C16H18O3/c1-3-12-7-5-8-13(15(12)4-2)11-14(16(18)19)9-6-10-17/h3-5,7-8,11,17H,1-2,6,9-10H2,(H,18,19). The van der Waals surface area contributed by atoms with Crippen molar-refractivity contribution in [2.45, 2.75) is 12.8 Å². The van der Waals surface area contributed by atoms with Crippen LogP contribution in [-0.2, 0) is 4.79 Å². The highest BCUT2D eigenvalue weighted by Crippen LogP contribution is 2.21. The van der Waals surface area contributed by atoms with Gasteiger partial charge in [0.1, 0.15) is 0 Å². The topological polar surface area (TPSA) is 57.5 Å². The zero-order chi connectivity index (χ0) is 14.3. The summed E-state index contributed by atoms with van der Waals surface area (Å²) in [6.45, 7) is 7.45. The van der Waals surface area contributed by atoms with Crippen LogP contribution in [0.1, 0.15) is 29.5 Å². The molecule has 0 saturated heterocycles. The molecule has 0 atom stereocenters. The van der Waals surface area contributed by atoms with Gasteiger partial charge in [-0.2, -0.15) is 0 Å². The highest BCUT2D eigenvalue weighted by atomic mass is 16.4. The average Bonchev–Trinajstić information content (AvgIpc) is 2.42. The summed E-state index contributed by atoms with van der Waals surface area (Å²) < 4.78 is 0. The summed E-state index contributed by atoms with van der Waals surface area (Å²) in [5.74, 6) is -0.965. The molecule has 19 heavy (non-hydrogen) atoms. The minimum atomic E-state index is -0.965. The maximum absolute atomic E-state index is 11.2. The van der Waals surface area contributed by atoms with E-state index in [0.29, 0.717) is 12.8 Å². The number of hydrogen-bond acceptors (Lipinski definition) is 2. The SMILES string of the molecule is C=Cc1cccc(C=C(CCCO)C(=O)O)c1C=C. The van der Waals surface area contributed by atoms with Gasteiger partial charge in [-0.05, 0) is 35.6 Å². The Morgan fingerprint density at radius 2 is 1.89 bits per heavy atom. The number of aliphatic hydroxyl groups excluding tert-OH is 1. The predicted molar refractivity (Wildman–Crippen MR) is 78.6 cm³/mol. The van der Waals surface area contributed by atoms with Crippen molar-refractivity contribution in [3.63, 3.8) is 0 Å². The third-order valence-corrected chi connectivity index (χ3v) is 2.81. The van der Waals surface area contributed by atoms with E-state index in [9.17, 15) is 4.79 Å². The first-order valence-electron chi connectivity index (χ1n) is 6.06. The second-order valence-electron chi connectivity index (χ2n) is 4.06. The van der Waals surface area contributed by atoms with Crippen molar-refractivity contribution in [1.82, 2.24) is 0 Å². The van der Waals surface area contributed by atoms with Gasteiger partial charge in [0.05, 0.1) is 0 Å². The third kappa shape index (κ3) is 3.93. The van der Waals surface area contributed by atoms with E-state index in [2.05, 4.69) is 13.2 Å². The van der Waals surface area contributed by atoms with Crippen LogP contribution in [0.15, 0.2) is 36.9 Å². The lowest BCUT2D eigenvalue weighted by Gasteiger charge is -2.07. The summed E-state index contributed by atoms with van der Waals surface area (Å²) in [7, 11) is 0. The summed E-state index contributed by atoms with van der Waals surface area (Å²) >= 11 is 0. The number of rotatable bonds is 7. The van der Waals surface area contributed by atoms with E-state index in [4.69, 9.17) is 10.2 Å². The van der Waals surface area contributed by atoms with Gasteiger partial charge in [-0.1, -0.05) is 43.5 Å². The molecule has 3 heteroatoms. The molecule has 100 valence electrons. The summed E-state index contributed by atoms with van der Waals surface area (Å²) in [5, 5.41) is 18.0. The smallest absolute Gasteiger partial charge is 0.331 e. The van der Waals surface area contributed by atoms with Gasteiger partial charge < -0.3 is 10.2 Å². The number of carboxylic acids is 1. The normalized spacial score (nSPS) is 11.1. The molecular formula is C16H18O3. The highest BCUT2D eigenvalue weighted by molar-refractivity contribution is 5.93. The van der Waals surface area contributed by atoms with Crippen molar-refractivity contribution >= 4 is 24.2 Å². The van der Waals surface area contributed by atoms with Crippen molar-refractivity contribution in [3.05, 3.63) is 53.6 Å². The van der Waals surface area contributed by atoms with Crippen LogP contribution in [0.25, 0.3) is 18.2 Å². The molecule has 0 heterocycles. The minimum Gasteiger partial charge on any atom is -0.478 e. The fraction of sp³-hybridized carbons (Fsp3) is 0.188. The van der Waals surface area contributed by atoms with E-state index in [1.165, 1.54) is 0 Å². The van der Waals surface area contributed by atoms with E-state index >= 15 is 0 Å². The van der Waals surface area contributed by atoms with Gasteiger partial charge in [-0.25, -0.2) is 4.79 Å². The van der Waals surface area contributed by atoms with Gasteiger partial charge in [-0.3, -0.25) is 0 Å². The first kappa shape index (κ1) is 14.9. The molecule has 0 amide bonds. The summed E-state index contributed by atoms with van der Waals surface area (Å²) in [6.07, 6.45) is 5.79. The summed E-state index contributed by atoms with van der Waals surface area (Å²) in [5.41, 5.74) is 2.84. The van der Waals surface area contributed by atoms with E-state index in [1.807, 2.05) is 18.2 Å². The van der Waals surface area contributed by atoms with Crippen LogP contribution in [0, 0.1) is 0 Å². The van der Waals surface area contributed by atoms with Crippen LogP contribution < -0.4 is 0 Å². The van der Waals surface area contributed by atoms with Gasteiger partial charge in [-0.15, -0.1) is 0 Å². The Kier molecular flexibility index (Phi) is 5.76. The number of carboxylic acid groups (broad SMARTS) is 1. The molecule has 1 aromatic carbocycles. The predicted octanol–water partition coefficient (Wildman–Crippen LogP) is 3.21. The van der Waals surface area contributed by atoms with E-state index in [-0.39, 0.29) is 12.2 Å². The van der Waals surface area contributed by atoms with Crippen LogP contribution >= 0.6 is 0 Å². The molecule has 0 bridgehead atoms. The van der Waals surface area contributed by atoms with Crippen LogP contribution in [0.5, 0.6) is 0 Å². The molecular weight excluding hydrogens is 240 g/mol. The van der Waals surface area contributed by atoms with Crippen molar-refractivity contribution < 1.29 is 15.0 Å². The summed E-state index contributed by atoms with van der Waals surface area (Å²) in [4.78, 5) is 11.2. The molecule has 0 unspecified atom stereocenters. The maximum Gasteiger partial charge on any atom is 0.331 e. The molecule has 0 aromatic heterocycles. The molecule has 1 aromatic rings. The Morgan fingerprint density at radius 1 is 1.21 bits per heavy atom. The Bertz CT molecular complexity index is 513. The monoisotopic (exact) mass is 258 g/mol. The molecule has 0 aliphatic heterocycles. The lowest BCUT2D eigenvalue weighted by atomic mass is 9.98. The molecule has 0 aliphatic carbocycles. The number of carbonyl (C=O) groups is 1. The number of aliphatic hydroxyl groups is 1. The van der Waals surface area contributed by atoms with Gasteiger partial charge in [0.2, 0.25) is 0 Å². The zero-order valence-corrected chi connectivity index (χ0v) is 10.8. The van der Waals surface area contributed by atoms with E-state index in [1.54, 1.807) is 18.2 Å². The van der Waals surface area contributed by atoms with Crippen molar-refractivity contribution in [2.75, 3.05) is 6.61 Å². The second kappa shape index (κ2) is 7.34. The largest absolute Gasteiger partial charge is 0.478 e. The molecule has 2 N–H and O–H groups in total. The van der Waals surface area contributed by atoms with Crippen LogP contribution in [0.4, 0.5) is 0 Å².